The molecular formula is C19H21N5O3. The van der Waals surface area contributed by atoms with Crippen molar-refractivity contribution >= 4 is 11.6 Å². The maximum Gasteiger partial charge on any atom is 0.349 e. The number of nitrogens with zero attached hydrogens (tertiary/aromatic N) is 3. The predicted octanol–water partition coefficient (Wildman–Crippen LogP) is 1.39. The molecule has 0 spiro atoms. The zero-order chi connectivity index (χ0) is 18.8. The van der Waals surface area contributed by atoms with Crippen LogP contribution in [0.2, 0.25) is 0 Å². The molecule has 8 heteroatoms. The number of carbonyl (C=O) groups is 1. The third-order valence-corrected chi connectivity index (χ3v) is 4.89. The van der Waals surface area contributed by atoms with Gasteiger partial charge in [0.15, 0.2) is 11.5 Å². The van der Waals surface area contributed by atoms with Crippen LogP contribution < -0.4 is 16.3 Å². The summed E-state index contributed by atoms with van der Waals surface area (Å²) in [6.45, 7) is 3.70. The van der Waals surface area contributed by atoms with Crippen LogP contribution in [0.25, 0.3) is 5.65 Å². The zero-order valence-electron chi connectivity index (χ0n) is 15.1. The molecule has 0 saturated carbocycles. The first-order valence-corrected chi connectivity index (χ1v) is 9.05. The van der Waals surface area contributed by atoms with Crippen LogP contribution in [-0.2, 0) is 6.54 Å². The number of aromatic nitrogens is 3. The molecule has 2 N–H and O–H groups in total. The summed E-state index contributed by atoms with van der Waals surface area (Å²) in [6.07, 6.45) is 3.84. The van der Waals surface area contributed by atoms with Gasteiger partial charge in [0.1, 0.15) is 11.3 Å². The standard InChI is InChI=1S/C19H21N5O3/c1-12-9-14(13-5-4-7-20-10-13)27-19(26)17(12)18(25)21-11-16-23-22-15-6-2-3-8-24(15)16/h2-3,6,8-9,13,20H,4-5,7,10-11H2,1H3,(H,21,25). The Morgan fingerprint density at radius 3 is 3.07 bits per heavy atom. The third kappa shape index (κ3) is 3.48. The fourth-order valence-corrected chi connectivity index (χ4v) is 3.46. The van der Waals surface area contributed by atoms with E-state index in [9.17, 15) is 9.59 Å². The van der Waals surface area contributed by atoms with Crippen LogP contribution in [0.5, 0.6) is 0 Å². The topological polar surface area (TPSA) is 102 Å². The third-order valence-electron chi connectivity index (χ3n) is 4.89. The number of carbonyl (C=O) groups excluding carboxylic acids is 1. The molecule has 0 radical (unpaired) electrons. The van der Waals surface area contributed by atoms with Crippen molar-refractivity contribution in [3.05, 3.63) is 63.6 Å². The van der Waals surface area contributed by atoms with Gasteiger partial charge in [0.25, 0.3) is 5.91 Å². The van der Waals surface area contributed by atoms with E-state index in [0.717, 1.165) is 25.9 Å². The van der Waals surface area contributed by atoms with Gasteiger partial charge in [-0.15, -0.1) is 10.2 Å². The summed E-state index contributed by atoms with van der Waals surface area (Å²) in [6, 6.07) is 7.36. The molecule has 4 rings (SSSR count). The van der Waals surface area contributed by atoms with Gasteiger partial charge in [0.2, 0.25) is 0 Å². The van der Waals surface area contributed by atoms with E-state index >= 15 is 0 Å². The number of fused-ring (bicyclic) bond motifs is 1. The molecule has 1 saturated heterocycles. The minimum atomic E-state index is -0.598. The van der Waals surface area contributed by atoms with E-state index in [0.29, 0.717) is 22.8 Å². The van der Waals surface area contributed by atoms with E-state index in [2.05, 4.69) is 20.8 Å². The number of pyridine rings is 1. The lowest BCUT2D eigenvalue weighted by Gasteiger charge is -2.22. The molecule has 1 unspecified atom stereocenters. The first-order chi connectivity index (χ1) is 13.1. The van der Waals surface area contributed by atoms with Crippen molar-refractivity contribution < 1.29 is 9.21 Å². The Morgan fingerprint density at radius 2 is 2.30 bits per heavy atom. The summed E-state index contributed by atoms with van der Waals surface area (Å²) < 4.78 is 7.25. The molecule has 27 heavy (non-hydrogen) atoms. The van der Waals surface area contributed by atoms with Crippen molar-refractivity contribution in [2.45, 2.75) is 32.2 Å². The van der Waals surface area contributed by atoms with Gasteiger partial charge in [-0.05, 0) is 50.1 Å². The maximum absolute atomic E-state index is 12.6. The van der Waals surface area contributed by atoms with Crippen molar-refractivity contribution in [2.24, 2.45) is 0 Å². The van der Waals surface area contributed by atoms with Gasteiger partial charge in [-0.2, -0.15) is 0 Å². The van der Waals surface area contributed by atoms with E-state index in [4.69, 9.17) is 4.42 Å². The molecule has 140 valence electrons. The number of nitrogens with one attached hydrogen (secondary N) is 2. The fourth-order valence-electron chi connectivity index (χ4n) is 3.46. The number of hydrogen-bond donors (Lipinski definition) is 2. The van der Waals surface area contributed by atoms with Crippen LogP contribution in [0.15, 0.2) is 39.7 Å². The summed E-state index contributed by atoms with van der Waals surface area (Å²) >= 11 is 0. The first-order valence-electron chi connectivity index (χ1n) is 9.05. The van der Waals surface area contributed by atoms with Gasteiger partial charge >= 0.3 is 5.63 Å². The first kappa shape index (κ1) is 17.4. The van der Waals surface area contributed by atoms with Crippen molar-refractivity contribution in [2.75, 3.05) is 13.1 Å². The van der Waals surface area contributed by atoms with E-state index in [1.807, 2.05) is 24.4 Å². The van der Waals surface area contributed by atoms with Gasteiger partial charge in [0, 0.05) is 18.7 Å². The Hall–Kier alpha value is -3.00. The molecule has 8 nitrogen and oxygen atoms in total. The number of aryl methyl sites for hydroxylation is 1. The van der Waals surface area contributed by atoms with E-state index in [1.54, 1.807) is 17.4 Å². The van der Waals surface area contributed by atoms with Crippen LogP contribution >= 0.6 is 0 Å². The van der Waals surface area contributed by atoms with Crippen LogP contribution in [0.1, 0.15) is 46.3 Å². The van der Waals surface area contributed by atoms with Crippen molar-refractivity contribution in [1.82, 2.24) is 25.2 Å². The highest BCUT2D eigenvalue weighted by Crippen LogP contribution is 2.23. The van der Waals surface area contributed by atoms with Crippen molar-refractivity contribution in [1.29, 1.82) is 0 Å². The summed E-state index contributed by atoms with van der Waals surface area (Å²) in [5.74, 6) is 0.933. The molecule has 4 heterocycles. The smallest absolute Gasteiger partial charge is 0.349 e. The summed E-state index contributed by atoms with van der Waals surface area (Å²) in [5.41, 5.74) is 0.758. The molecule has 0 bridgehead atoms. The Kier molecular flexibility index (Phi) is 4.72. The van der Waals surface area contributed by atoms with Gasteiger partial charge in [-0.25, -0.2) is 4.79 Å². The van der Waals surface area contributed by atoms with Gasteiger partial charge in [-0.1, -0.05) is 6.07 Å². The predicted molar refractivity (Wildman–Crippen MR) is 98.7 cm³/mol. The Bertz CT molecular complexity index is 1030. The number of amides is 1. The highest BCUT2D eigenvalue weighted by atomic mass is 16.4. The Balaban J connectivity index is 1.52. The molecular weight excluding hydrogens is 346 g/mol. The molecule has 0 aromatic carbocycles. The van der Waals surface area contributed by atoms with E-state index < -0.39 is 11.5 Å². The molecule has 1 aliphatic heterocycles. The Labute approximate surface area is 155 Å². The summed E-state index contributed by atoms with van der Waals surface area (Å²) in [4.78, 5) is 25.0. The highest BCUT2D eigenvalue weighted by molar-refractivity contribution is 5.95. The number of piperidine rings is 1. The average Bonchev–Trinajstić information content (AvgIpc) is 3.09. The second-order valence-corrected chi connectivity index (χ2v) is 6.77. The SMILES string of the molecule is Cc1cc(C2CCCNC2)oc(=O)c1C(=O)NCc1nnc2ccccn12. The van der Waals surface area contributed by atoms with E-state index in [1.165, 1.54) is 0 Å². The quantitative estimate of drug-likeness (QED) is 0.723. The van der Waals surface area contributed by atoms with Crippen molar-refractivity contribution in [3.63, 3.8) is 0 Å². The maximum atomic E-state index is 12.6. The largest absolute Gasteiger partial charge is 0.427 e. The molecule has 1 aliphatic rings. The minimum Gasteiger partial charge on any atom is -0.427 e. The number of rotatable bonds is 4. The second-order valence-electron chi connectivity index (χ2n) is 6.77. The van der Waals surface area contributed by atoms with Gasteiger partial charge < -0.3 is 15.1 Å². The lowest BCUT2D eigenvalue weighted by Crippen LogP contribution is -2.32. The van der Waals surface area contributed by atoms with Gasteiger partial charge in [-0.3, -0.25) is 9.20 Å². The monoisotopic (exact) mass is 367 g/mol. The van der Waals surface area contributed by atoms with Gasteiger partial charge in [0.05, 0.1) is 6.54 Å². The molecule has 3 aromatic rings. The molecule has 1 atom stereocenters. The average molecular weight is 367 g/mol. The van der Waals surface area contributed by atoms with Crippen LogP contribution in [0.4, 0.5) is 0 Å². The van der Waals surface area contributed by atoms with Crippen LogP contribution in [-0.4, -0.2) is 33.6 Å². The summed E-state index contributed by atoms with van der Waals surface area (Å²) in [7, 11) is 0. The number of hydrogen-bond acceptors (Lipinski definition) is 6. The van der Waals surface area contributed by atoms with Crippen molar-refractivity contribution in [3.8, 4) is 0 Å². The molecule has 0 aliphatic carbocycles. The molecule has 1 fully saturated rings. The van der Waals surface area contributed by atoms with E-state index in [-0.39, 0.29) is 18.0 Å². The molecule has 3 aromatic heterocycles. The second kappa shape index (κ2) is 7.32. The lowest BCUT2D eigenvalue weighted by molar-refractivity contribution is 0.0944. The summed E-state index contributed by atoms with van der Waals surface area (Å²) in [5, 5.41) is 14.2. The van der Waals surface area contributed by atoms with Crippen LogP contribution in [0.3, 0.4) is 0 Å². The highest BCUT2D eigenvalue weighted by Gasteiger charge is 2.22. The normalized spacial score (nSPS) is 17.1. The lowest BCUT2D eigenvalue weighted by atomic mass is 9.95. The minimum absolute atomic E-state index is 0.0383. The fraction of sp³-hybridized carbons (Fsp3) is 0.368. The Morgan fingerprint density at radius 1 is 1.41 bits per heavy atom. The molecule has 1 amide bonds. The van der Waals surface area contributed by atoms with Crippen LogP contribution in [0, 0.1) is 6.92 Å². The zero-order valence-corrected chi connectivity index (χ0v) is 15.1.